The molecule has 1 rings (SSSR count). The van der Waals surface area contributed by atoms with Crippen LogP contribution in [0.4, 0.5) is 0 Å². The topological polar surface area (TPSA) is 59.0 Å². The molecule has 0 aromatic carbocycles. The summed E-state index contributed by atoms with van der Waals surface area (Å²) in [4.78, 5) is 11.6. The fraction of sp³-hybridized carbons (Fsp3) is 0.500. The lowest BCUT2D eigenvalue weighted by Crippen LogP contribution is -2.44. The summed E-state index contributed by atoms with van der Waals surface area (Å²) in [6, 6.07) is -0.0558. The third-order valence-electron chi connectivity index (χ3n) is 2.28. The van der Waals surface area contributed by atoms with Crippen molar-refractivity contribution in [2.45, 2.75) is 39.4 Å². The predicted octanol–water partition coefficient (Wildman–Crippen LogP) is 0.986. The molecule has 0 saturated carbocycles. The molecule has 0 aliphatic rings. The Morgan fingerprint density at radius 2 is 2.29 bits per heavy atom. The zero-order valence-corrected chi connectivity index (χ0v) is 10.6. The van der Waals surface area contributed by atoms with Crippen molar-refractivity contribution in [3.05, 3.63) is 24.5 Å². The van der Waals surface area contributed by atoms with Crippen molar-refractivity contribution in [2.75, 3.05) is 0 Å². The van der Waals surface area contributed by atoms with Gasteiger partial charge < -0.3 is 10.6 Å². The highest BCUT2D eigenvalue weighted by Crippen LogP contribution is 1.98. The van der Waals surface area contributed by atoms with E-state index in [1.807, 2.05) is 27.0 Å². The summed E-state index contributed by atoms with van der Waals surface area (Å²) < 4.78 is 1.63. The molecule has 1 aromatic heterocycles. The SMILES string of the molecule is C=Cn1cc(CNC(C)C(=O)NC(C)C)cn1. The van der Waals surface area contributed by atoms with Crippen molar-refractivity contribution >= 4 is 12.1 Å². The minimum Gasteiger partial charge on any atom is -0.353 e. The fourth-order valence-electron chi connectivity index (χ4n) is 1.34. The van der Waals surface area contributed by atoms with E-state index in [0.717, 1.165) is 5.56 Å². The average Bonchev–Trinajstić information content (AvgIpc) is 2.72. The molecule has 0 spiro atoms. The van der Waals surface area contributed by atoms with Crippen LogP contribution < -0.4 is 10.6 Å². The minimum absolute atomic E-state index is 0.0103. The third kappa shape index (κ3) is 4.40. The van der Waals surface area contributed by atoms with E-state index in [1.54, 1.807) is 17.1 Å². The highest BCUT2D eigenvalue weighted by atomic mass is 16.2. The Morgan fingerprint density at radius 1 is 1.59 bits per heavy atom. The zero-order chi connectivity index (χ0) is 12.8. The first-order chi connectivity index (χ1) is 8.02. The molecule has 1 aromatic rings. The average molecular weight is 236 g/mol. The van der Waals surface area contributed by atoms with Crippen LogP contribution in [0.3, 0.4) is 0 Å². The molecule has 17 heavy (non-hydrogen) atoms. The number of rotatable bonds is 6. The molecular weight excluding hydrogens is 216 g/mol. The van der Waals surface area contributed by atoms with Gasteiger partial charge in [0.15, 0.2) is 0 Å². The summed E-state index contributed by atoms with van der Waals surface area (Å²) in [5.74, 6) is 0.0103. The summed E-state index contributed by atoms with van der Waals surface area (Å²) in [5, 5.41) is 10.1. The van der Waals surface area contributed by atoms with Gasteiger partial charge in [-0.25, -0.2) is 4.68 Å². The molecule has 1 atom stereocenters. The first-order valence-electron chi connectivity index (χ1n) is 5.72. The number of nitrogens with zero attached hydrogens (tertiary/aromatic N) is 2. The van der Waals surface area contributed by atoms with Gasteiger partial charge in [0.1, 0.15) is 0 Å². The quantitative estimate of drug-likeness (QED) is 0.774. The molecule has 0 aliphatic heterocycles. The minimum atomic E-state index is -0.218. The van der Waals surface area contributed by atoms with Gasteiger partial charge in [0.2, 0.25) is 5.91 Å². The van der Waals surface area contributed by atoms with E-state index in [1.165, 1.54) is 0 Å². The van der Waals surface area contributed by atoms with Gasteiger partial charge in [-0.2, -0.15) is 5.10 Å². The smallest absolute Gasteiger partial charge is 0.237 e. The predicted molar refractivity (Wildman–Crippen MR) is 68.2 cm³/mol. The second kappa shape index (κ2) is 6.20. The van der Waals surface area contributed by atoms with E-state index in [-0.39, 0.29) is 18.0 Å². The number of hydrogen-bond acceptors (Lipinski definition) is 3. The van der Waals surface area contributed by atoms with Crippen LogP contribution in [-0.2, 0) is 11.3 Å². The molecule has 1 amide bonds. The molecule has 0 radical (unpaired) electrons. The summed E-state index contributed by atoms with van der Waals surface area (Å²) in [6.07, 6.45) is 5.24. The van der Waals surface area contributed by atoms with E-state index >= 15 is 0 Å². The molecule has 0 aliphatic carbocycles. The number of carbonyl (C=O) groups is 1. The Bertz CT molecular complexity index is 384. The van der Waals surface area contributed by atoms with Crippen molar-refractivity contribution in [3.8, 4) is 0 Å². The number of amides is 1. The lowest BCUT2D eigenvalue weighted by atomic mass is 10.2. The molecule has 0 fully saturated rings. The van der Waals surface area contributed by atoms with Crippen LogP contribution in [-0.4, -0.2) is 27.8 Å². The Balaban J connectivity index is 2.39. The van der Waals surface area contributed by atoms with Gasteiger partial charge in [-0.15, -0.1) is 0 Å². The van der Waals surface area contributed by atoms with Crippen LogP contribution in [0.1, 0.15) is 26.3 Å². The monoisotopic (exact) mass is 236 g/mol. The van der Waals surface area contributed by atoms with Crippen molar-refractivity contribution in [1.82, 2.24) is 20.4 Å². The second-order valence-corrected chi connectivity index (χ2v) is 4.28. The Hall–Kier alpha value is -1.62. The summed E-state index contributed by atoms with van der Waals surface area (Å²) in [5.41, 5.74) is 1.02. The maximum absolute atomic E-state index is 11.6. The molecule has 2 N–H and O–H groups in total. The van der Waals surface area contributed by atoms with E-state index in [9.17, 15) is 4.79 Å². The summed E-state index contributed by atoms with van der Waals surface area (Å²) in [6.45, 7) is 9.96. The first-order valence-corrected chi connectivity index (χ1v) is 5.72. The fourth-order valence-corrected chi connectivity index (χ4v) is 1.34. The Kier molecular flexibility index (Phi) is 4.90. The lowest BCUT2D eigenvalue weighted by molar-refractivity contribution is -0.123. The maximum Gasteiger partial charge on any atom is 0.237 e. The van der Waals surface area contributed by atoms with Gasteiger partial charge in [0, 0.05) is 30.5 Å². The number of aromatic nitrogens is 2. The highest BCUT2D eigenvalue weighted by molar-refractivity contribution is 5.81. The van der Waals surface area contributed by atoms with E-state index in [4.69, 9.17) is 0 Å². The van der Waals surface area contributed by atoms with E-state index in [2.05, 4.69) is 22.3 Å². The normalized spacial score (nSPS) is 12.5. The Morgan fingerprint density at radius 3 is 2.82 bits per heavy atom. The standard InChI is InChI=1S/C12H20N4O/c1-5-16-8-11(7-14-16)6-13-10(4)12(17)15-9(2)3/h5,7-10,13H,1,6H2,2-4H3,(H,15,17). The molecule has 5 nitrogen and oxygen atoms in total. The zero-order valence-electron chi connectivity index (χ0n) is 10.6. The second-order valence-electron chi connectivity index (χ2n) is 4.28. The van der Waals surface area contributed by atoms with Crippen molar-refractivity contribution in [3.63, 3.8) is 0 Å². The highest BCUT2D eigenvalue weighted by Gasteiger charge is 2.12. The Labute approximate surface area is 102 Å². The molecule has 0 saturated heterocycles. The van der Waals surface area contributed by atoms with Crippen LogP contribution in [0.15, 0.2) is 19.0 Å². The maximum atomic E-state index is 11.6. The first kappa shape index (κ1) is 13.4. The van der Waals surface area contributed by atoms with Crippen molar-refractivity contribution in [1.29, 1.82) is 0 Å². The van der Waals surface area contributed by atoms with Crippen LogP contribution in [0.5, 0.6) is 0 Å². The van der Waals surface area contributed by atoms with Gasteiger partial charge in [0.05, 0.1) is 12.2 Å². The summed E-state index contributed by atoms with van der Waals surface area (Å²) >= 11 is 0. The number of hydrogen-bond donors (Lipinski definition) is 2. The molecule has 94 valence electrons. The van der Waals surface area contributed by atoms with Gasteiger partial charge in [-0.1, -0.05) is 6.58 Å². The van der Waals surface area contributed by atoms with Gasteiger partial charge >= 0.3 is 0 Å². The molecule has 5 heteroatoms. The summed E-state index contributed by atoms with van der Waals surface area (Å²) in [7, 11) is 0. The van der Waals surface area contributed by atoms with E-state index < -0.39 is 0 Å². The van der Waals surface area contributed by atoms with Crippen LogP contribution >= 0.6 is 0 Å². The molecule has 1 heterocycles. The molecule has 1 unspecified atom stereocenters. The number of carbonyl (C=O) groups excluding carboxylic acids is 1. The molecule has 0 bridgehead atoms. The number of nitrogens with one attached hydrogen (secondary N) is 2. The molecular formula is C12H20N4O. The van der Waals surface area contributed by atoms with Crippen LogP contribution in [0.25, 0.3) is 6.20 Å². The van der Waals surface area contributed by atoms with Gasteiger partial charge in [0.25, 0.3) is 0 Å². The van der Waals surface area contributed by atoms with Gasteiger partial charge in [-0.05, 0) is 20.8 Å². The van der Waals surface area contributed by atoms with Crippen molar-refractivity contribution < 1.29 is 4.79 Å². The van der Waals surface area contributed by atoms with E-state index in [0.29, 0.717) is 6.54 Å². The van der Waals surface area contributed by atoms with Crippen molar-refractivity contribution in [2.24, 2.45) is 0 Å². The van der Waals surface area contributed by atoms with Crippen LogP contribution in [0.2, 0.25) is 0 Å². The third-order valence-corrected chi connectivity index (χ3v) is 2.28. The lowest BCUT2D eigenvalue weighted by Gasteiger charge is -2.15. The van der Waals surface area contributed by atoms with Crippen LogP contribution in [0, 0.1) is 0 Å². The van der Waals surface area contributed by atoms with Gasteiger partial charge in [-0.3, -0.25) is 4.79 Å². The largest absolute Gasteiger partial charge is 0.353 e.